The third kappa shape index (κ3) is 39.6. The van der Waals surface area contributed by atoms with Gasteiger partial charge in [-0.3, -0.25) is 4.79 Å². The molecule has 0 rings (SSSR count). The zero-order valence-corrected chi connectivity index (χ0v) is 31.7. The quantitative estimate of drug-likeness (QED) is 0.0412. The van der Waals surface area contributed by atoms with Crippen molar-refractivity contribution in [1.29, 1.82) is 0 Å². The Kier molecular flexibility index (Phi) is 39.2. The highest BCUT2D eigenvalue weighted by atomic mass is 16.6. The van der Waals surface area contributed by atoms with Crippen molar-refractivity contribution in [2.24, 2.45) is 0 Å². The maximum atomic E-state index is 12.1. The number of carbonyl (C=O) groups is 1. The number of allylic oxidation sites excluding steroid dienone is 16. The Balaban J connectivity index is 3.52. The highest BCUT2D eigenvalue weighted by molar-refractivity contribution is 5.69. The number of aliphatic hydroxyl groups is 1. The van der Waals surface area contributed by atoms with Crippen LogP contribution in [0.3, 0.4) is 0 Å². The molecule has 0 aliphatic carbocycles. The van der Waals surface area contributed by atoms with Gasteiger partial charge >= 0.3 is 5.97 Å². The van der Waals surface area contributed by atoms with Gasteiger partial charge in [-0.05, 0) is 77.0 Å². The first-order valence-electron chi connectivity index (χ1n) is 19.8. The summed E-state index contributed by atoms with van der Waals surface area (Å²) in [6.07, 6.45) is 59.0. The summed E-state index contributed by atoms with van der Waals surface area (Å²) in [7, 11) is 0. The van der Waals surface area contributed by atoms with E-state index in [4.69, 9.17) is 9.47 Å². The van der Waals surface area contributed by atoms with Crippen molar-refractivity contribution in [1.82, 2.24) is 0 Å². The summed E-state index contributed by atoms with van der Waals surface area (Å²) in [5.41, 5.74) is 0. The number of esters is 1. The van der Waals surface area contributed by atoms with Crippen molar-refractivity contribution in [3.63, 3.8) is 0 Å². The summed E-state index contributed by atoms with van der Waals surface area (Å²) in [5, 5.41) is 9.56. The first-order valence-corrected chi connectivity index (χ1v) is 19.8. The number of aliphatic hydroxyl groups excluding tert-OH is 1. The fourth-order valence-electron chi connectivity index (χ4n) is 5.04. The summed E-state index contributed by atoms with van der Waals surface area (Å²) >= 11 is 0. The molecule has 0 aromatic carbocycles. The molecule has 0 radical (unpaired) electrons. The van der Waals surface area contributed by atoms with Crippen LogP contribution in [0.15, 0.2) is 97.2 Å². The smallest absolute Gasteiger partial charge is 0.306 e. The monoisotopic (exact) mass is 679 g/mol. The molecule has 0 fully saturated rings. The van der Waals surface area contributed by atoms with E-state index in [1.54, 1.807) is 0 Å². The van der Waals surface area contributed by atoms with Crippen LogP contribution in [-0.2, 0) is 14.3 Å². The number of unbranched alkanes of at least 4 members (excludes halogenated alkanes) is 11. The molecule has 0 heterocycles. The molecule has 4 nitrogen and oxygen atoms in total. The van der Waals surface area contributed by atoms with Gasteiger partial charge < -0.3 is 14.6 Å². The summed E-state index contributed by atoms with van der Waals surface area (Å²) in [5.74, 6) is -0.285. The highest BCUT2D eigenvalue weighted by Gasteiger charge is 2.13. The standard InChI is InChI=1S/C45H74O4/c1-3-5-7-9-11-13-15-17-18-19-20-21-22-23-24-25-26-27-29-31-33-35-37-39-41-48-43-44(42-46)49-45(47)40-38-36-34-32-30-28-16-14-12-10-8-6-4-2/h5-8,11-14,17-18,20-21,28,30,34,36,44,46H,3-4,9-10,15-16,19,22-27,29,31-33,35,37-43H2,1-2H3/b7-5-,8-6-,13-11-,14-12-,18-17-,21-20-,30-28-,36-34-. The van der Waals surface area contributed by atoms with Crippen LogP contribution >= 0.6 is 0 Å². The van der Waals surface area contributed by atoms with E-state index in [0.717, 1.165) is 64.2 Å². The predicted octanol–water partition coefficient (Wildman–Crippen LogP) is 13.0. The van der Waals surface area contributed by atoms with Crippen LogP contribution in [0.2, 0.25) is 0 Å². The minimum absolute atomic E-state index is 0.207. The van der Waals surface area contributed by atoms with Crippen LogP contribution in [-0.4, -0.2) is 37.0 Å². The second kappa shape index (κ2) is 41.5. The van der Waals surface area contributed by atoms with Crippen molar-refractivity contribution in [3.8, 4) is 0 Å². The lowest BCUT2D eigenvalue weighted by atomic mass is 10.1. The molecule has 1 N–H and O–H groups in total. The number of ether oxygens (including phenoxy) is 2. The molecular weight excluding hydrogens is 604 g/mol. The summed E-state index contributed by atoms with van der Waals surface area (Å²) in [4.78, 5) is 12.1. The lowest BCUT2D eigenvalue weighted by Gasteiger charge is -2.15. The summed E-state index contributed by atoms with van der Waals surface area (Å²) in [6.45, 7) is 5.01. The average molecular weight is 679 g/mol. The van der Waals surface area contributed by atoms with Crippen molar-refractivity contribution < 1.29 is 19.4 Å². The van der Waals surface area contributed by atoms with Gasteiger partial charge in [0, 0.05) is 13.0 Å². The fourth-order valence-corrected chi connectivity index (χ4v) is 5.04. The van der Waals surface area contributed by atoms with E-state index in [9.17, 15) is 9.90 Å². The van der Waals surface area contributed by atoms with Gasteiger partial charge in [-0.2, -0.15) is 0 Å². The normalized spacial score (nSPS) is 13.4. The van der Waals surface area contributed by atoms with Crippen molar-refractivity contribution in [2.75, 3.05) is 19.8 Å². The Labute approximate surface area is 302 Å². The van der Waals surface area contributed by atoms with Gasteiger partial charge in [0.1, 0.15) is 6.10 Å². The van der Waals surface area contributed by atoms with Crippen molar-refractivity contribution in [3.05, 3.63) is 97.2 Å². The lowest BCUT2D eigenvalue weighted by molar-refractivity contribution is -0.154. The first kappa shape index (κ1) is 46.3. The second-order valence-corrected chi connectivity index (χ2v) is 12.6. The van der Waals surface area contributed by atoms with E-state index in [-0.39, 0.29) is 19.2 Å². The Hall–Kier alpha value is -2.69. The summed E-state index contributed by atoms with van der Waals surface area (Å²) < 4.78 is 11.1. The van der Waals surface area contributed by atoms with Gasteiger partial charge in [0.2, 0.25) is 0 Å². The van der Waals surface area contributed by atoms with Gasteiger partial charge in [-0.15, -0.1) is 0 Å². The zero-order chi connectivity index (χ0) is 35.6. The maximum absolute atomic E-state index is 12.1. The van der Waals surface area contributed by atoms with Crippen LogP contribution < -0.4 is 0 Å². The van der Waals surface area contributed by atoms with Crippen LogP contribution in [0.1, 0.15) is 155 Å². The van der Waals surface area contributed by atoms with E-state index >= 15 is 0 Å². The maximum Gasteiger partial charge on any atom is 0.306 e. The zero-order valence-electron chi connectivity index (χ0n) is 31.7. The molecule has 0 saturated carbocycles. The molecule has 0 aliphatic rings. The Morgan fingerprint density at radius 2 is 0.857 bits per heavy atom. The number of hydrogen-bond acceptors (Lipinski definition) is 4. The molecular formula is C45H74O4. The summed E-state index contributed by atoms with van der Waals surface area (Å²) in [6, 6.07) is 0. The van der Waals surface area contributed by atoms with Gasteiger partial charge in [-0.1, -0.05) is 169 Å². The van der Waals surface area contributed by atoms with Crippen LogP contribution in [0, 0.1) is 0 Å². The third-order valence-electron chi connectivity index (χ3n) is 7.92. The van der Waals surface area contributed by atoms with E-state index in [0.29, 0.717) is 19.4 Å². The van der Waals surface area contributed by atoms with Gasteiger partial charge in [0.15, 0.2) is 0 Å². The molecule has 1 unspecified atom stereocenters. The molecule has 0 bridgehead atoms. The van der Waals surface area contributed by atoms with Crippen molar-refractivity contribution >= 4 is 5.97 Å². The van der Waals surface area contributed by atoms with Crippen molar-refractivity contribution in [2.45, 2.75) is 161 Å². The Bertz CT molecular complexity index is 934. The lowest BCUT2D eigenvalue weighted by Crippen LogP contribution is -2.27. The fraction of sp³-hybridized carbons (Fsp3) is 0.622. The minimum atomic E-state index is -0.579. The Morgan fingerprint density at radius 1 is 0.490 bits per heavy atom. The SMILES string of the molecule is CC/C=C\C/C=C\C/C=C\C/C=C\CCCCCCCCCCCCCOCC(CO)OC(=O)CC/C=C\C/C=C\C/C=C\C/C=C\CC. The predicted molar refractivity (Wildman–Crippen MR) is 214 cm³/mol. The highest BCUT2D eigenvalue weighted by Crippen LogP contribution is 2.12. The van der Waals surface area contributed by atoms with E-state index < -0.39 is 6.10 Å². The van der Waals surface area contributed by atoms with Gasteiger partial charge in [-0.25, -0.2) is 0 Å². The first-order chi connectivity index (χ1) is 24.2. The van der Waals surface area contributed by atoms with E-state index in [2.05, 4.69) is 105 Å². The van der Waals surface area contributed by atoms with E-state index in [1.807, 2.05) is 6.08 Å². The molecule has 278 valence electrons. The molecule has 4 heteroatoms. The van der Waals surface area contributed by atoms with Crippen LogP contribution in [0.4, 0.5) is 0 Å². The molecule has 0 saturated heterocycles. The molecule has 0 spiro atoms. The molecule has 0 aromatic heterocycles. The number of hydrogen-bond donors (Lipinski definition) is 1. The van der Waals surface area contributed by atoms with E-state index in [1.165, 1.54) is 64.2 Å². The Morgan fingerprint density at radius 3 is 1.29 bits per heavy atom. The molecule has 1 atom stereocenters. The molecule has 0 amide bonds. The second-order valence-electron chi connectivity index (χ2n) is 12.6. The minimum Gasteiger partial charge on any atom is -0.457 e. The average Bonchev–Trinajstić information content (AvgIpc) is 3.11. The van der Waals surface area contributed by atoms with Crippen LogP contribution in [0.5, 0.6) is 0 Å². The van der Waals surface area contributed by atoms with Gasteiger partial charge in [0.25, 0.3) is 0 Å². The number of carbonyl (C=O) groups excluding carboxylic acids is 1. The molecule has 49 heavy (non-hydrogen) atoms. The molecule has 0 aliphatic heterocycles. The number of rotatable bonds is 35. The van der Waals surface area contributed by atoms with Gasteiger partial charge in [0.05, 0.1) is 13.2 Å². The largest absolute Gasteiger partial charge is 0.457 e. The molecule has 0 aromatic rings. The topological polar surface area (TPSA) is 55.8 Å². The third-order valence-corrected chi connectivity index (χ3v) is 7.92. The van der Waals surface area contributed by atoms with Crippen LogP contribution in [0.25, 0.3) is 0 Å².